The first-order chi connectivity index (χ1) is 10.3. The summed E-state index contributed by atoms with van der Waals surface area (Å²) in [6.07, 6.45) is 1.77. The summed E-state index contributed by atoms with van der Waals surface area (Å²) in [6.45, 7) is 0. The number of aromatic nitrogens is 3. The lowest BCUT2D eigenvalue weighted by Crippen LogP contribution is -2.21. The zero-order valence-electron chi connectivity index (χ0n) is 11.6. The fraction of sp³-hybridized carbons (Fsp3) is 0.125. The Hall–Kier alpha value is -2.17. The molecule has 0 radical (unpaired) electrons. The summed E-state index contributed by atoms with van der Waals surface area (Å²) < 4.78 is 1.84. The Morgan fingerprint density at radius 2 is 1.90 bits per heavy atom. The van der Waals surface area contributed by atoms with Crippen molar-refractivity contribution >= 4 is 11.6 Å². The van der Waals surface area contributed by atoms with Gasteiger partial charge in [-0.05, 0) is 36.9 Å². The summed E-state index contributed by atoms with van der Waals surface area (Å²) >= 11 is 6.10. The summed E-state index contributed by atoms with van der Waals surface area (Å²) in [7, 11) is 1.91. The molecule has 0 aliphatic heterocycles. The first kappa shape index (κ1) is 13.8. The van der Waals surface area contributed by atoms with Crippen molar-refractivity contribution in [2.24, 2.45) is 0 Å². The van der Waals surface area contributed by atoms with Crippen LogP contribution in [0, 0.1) is 0 Å². The van der Waals surface area contributed by atoms with Crippen molar-refractivity contribution < 1.29 is 0 Å². The van der Waals surface area contributed by atoms with E-state index < -0.39 is 0 Å². The predicted molar refractivity (Wildman–Crippen MR) is 83.7 cm³/mol. The van der Waals surface area contributed by atoms with Gasteiger partial charge in [-0.3, -0.25) is 0 Å². The van der Waals surface area contributed by atoms with Crippen molar-refractivity contribution in [2.75, 3.05) is 7.05 Å². The fourth-order valence-corrected chi connectivity index (χ4v) is 2.58. The molecule has 1 heterocycles. The number of hydrogen-bond donors (Lipinski definition) is 1. The van der Waals surface area contributed by atoms with Gasteiger partial charge in [0.05, 0.1) is 23.6 Å². The molecule has 1 unspecified atom stereocenters. The number of para-hydroxylation sites is 1. The van der Waals surface area contributed by atoms with Gasteiger partial charge in [-0.2, -0.15) is 0 Å². The second-order valence-electron chi connectivity index (χ2n) is 4.68. The average Bonchev–Trinajstić information content (AvgIpc) is 2.98. The monoisotopic (exact) mass is 298 g/mol. The van der Waals surface area contributed by atoms with Crippen LogP contribution >= 0.6 is 11.6 Å². The first-order valence-corrected chi connectivity index (χ1v) is 7.06. The van der Waals surface area contributed by atoms with Crippen LogP contribution in [0.25, 0.3) is 5.69 Å². The third kappa shape index (κ3) is 2.82. The molecule has 0 spiro atoms. The van der Waals surface area contributed by atoms with Crippen LogP contribution in [-0.2, 0) is 0 Å². The lowest BCUT2D eigenvalue weighted by molar-refractivity contribution is 0.634. The van der Waals surface area contributed by atoms with Crippen LogP contribution in [0.1, 0.15) is 17.3 Å². The highest BCUT2D eigenvalue weighted by Gasteiger charge is 2.18. The topological polar surface area (TPSA) is 42.7 Å². The number of nitrogens with one attached hydrogen (secondary N) is 1. The molecule has 0 amide bonds. The van der Waals surface area contributed by atoms with Gasteiger partial charge in [0, 0.05) is 5.02 Å². The molecule has 1 aromatic heterocycles. The van der Waals surface area contributed by atoms with E-state index in [1.807, 2.05) is 66.3 Å². The quantitative estimate of drug-likeness (QED) is 0.804. The number of halogens is 1. The van der Waals surface area contributed by atoms with Crippen molar-refractivity contribution in [3.8, 4) is 5.69 Å². The molecular formula is C16H15ClN4. The fourth-order valence-electron chi connectivity index (χ4n) is 2.38. The van der Waals surface area contributed by atoms with E-state index in [0.717, 1.165) is 16.9 Å². The van der Waals surface area contributed by atoms with E-state index in [9.17, 15) is 0 Å². The molecule has 3 aromatic rings. The normalized spacial score (nSPS) is 12.3. The SMILES string of the molecule is CNC(c1cccc(Cl)c1)c1cnnn1-c1ccccc1. The Kier molecular flexibility index (Phi) is 3.99. The number of benzene rings is 2. The predicted octanol–water partition coefficient (Wildman–Crippen LogP) is 3.23. The van der Waals surface area contributed by atoms with Gasteiger partial charge < -0.3 is 5.32 Å². The van der Waals surface area contributed by atoms with Gasteiger partial charge in [-0.15, -0.1) is 5.10 Å². The summed E-state index contributed by atoms with van der Waals surface area (Å²) in [5.41, 5.74) is 3.02. The third-order valence-electron chi connectivity index (χ3n) is 3.34. The van der Waals surface area contributed by atoms with Crippen LogP contribution in [0.3, 0.4) is 0 Å². The summed E-state index contributed by atoms with van der Waals surface area (Å²) in [5.74, 6) is 0. The van der Waals surface area contributed by atoms with E-state index in [2.05, 4.69) is 15.6 Å². The van der Waals surface area contributed by atoms with Crippen molar-refractivity contribution in [2.45, 2.75) is 6.04 Å². The number of rotatable bonds is 4. The van der Waals surface area contributed by atoms with Crippen LogP contribution in [0.5, 0.6) is 0 Å². The largest absolute Gasteiger partial charge is 0.308 e. The summed E-state index contributed by atoms with van der Waals surface area (Å²) in [5, 5.41) is 12.3. The third-order valence-corrected chi connectivity index (χ3v) is 3.58. The van der Waals surface area contributed by atoms with Crippen LogP contribution in [0.4, 0.5) is 0 Å². The Balaban J connectivity index is 2.05. The highest BCUT2D eigenvalue weighted by molar-refractivity contribution is 6.30. The standard InChI is InChI=1S/C16H15ClN4/c1-18-16(12-6-5-7-13(17)10-12)15-11-19-20-21(15)14-8-3-2-4-9-14/h2-11,16,18H,1H3. The number of hydrogen-bond acceptors (Lipinski definition) is 3. The second kappa shape index (κ2) is 6.08. The van der Waals surface area contributed by atoms with E-state index >= 15 is 0 Å². The first-order valence-electron chi connectivity index (χ1n) is 6.68. The Labute approximate surface area is 128 Å². The lowest BCUT2D eigenvalue weighted by atomic mass is 10.0. The Morgan fingerprint density at radius 1 is 1.10 bits per heavy atom. The maximum Gasteiger partial charge on any atom is 0.0860 e. The van der Waals surface area contributed by atoms with Crippen LogP contribution < -0.4 is 5.32 Å². The molecule has 106 valence electrons. The van der Waals surface area contributed by atoms with Gasteiger partial charge >= 0.3 is 0 Å². The minimum absolute atomic E-state index is 0.0288. The van der Waals surface area contributed by atoms with E-state index in [0.29, 0.717) is 5.02 Å². The molecule has 0 fully saturated rings. The van der Waals surface area contributed by atoms with Crippen molar-refractivity contribution in [1.82, 2.24) is 20.3 Å². The highest BCUT2D eigenvalue weighted by Crippen LogP contribution is 2.25. The Bertz CT molecular complexity index is 724. The van der Waals surface area contributed by atoms with Crippen molar-refractivity contribution in [1.29, 1.82) is 0 Å². The lowest BCUT2D eigenvalue weighted by Gasteiger charge is -2.18. The molecule has 0 aliphatic carbocycles. The van der Waals surface area contributed by atoms with Crippen LogP contribution in [0.15, 0.2) is 60.8 Å². The van der Waals surface area contributed by atoms with Gasteiger partial charge in [0.1, 0.15) is 0 Å². The molecular weight excluding hydrogens is 284 g/mol. The molecule has 1 atom stereocenters. The molecule has 3 rings (SSSR count). The van der Waals surface area contributed by atoms with Gasteiger partial charge in [-0.25, -0.2) is 4.68 Å². The molecule has 1 N–H and O–H groups in total. The minimum Gasteiger partial charge on any atom is -0.308 e. The minimum atomic E-state index is -0.0288. The second-order valence-corrected chi connectivity index (χ2v) is 5.12. The zero-order chi connectivity index (χ0) is 14.7. The maximum absolute atomic E-state index is 6.10. The smallest absolute Gasteiger partial charge is 0.0860 e. The van der Waals surface area contributed by atoms with Gasteiger partial charge in [0.25, 0.3) is 0 Å². The molecule has 0 saturated carbocycles. The Morgan fingerprint density at radius 3 is 2.62 bits per heavy atom. The number of nitrogens with zero attached hydrogens (tertiary/aromatic N) is 3. The average molecular weight is 299 g/mol. The summed E-state index contributed by atoms with van der Waals surface area (Å²) in [4.78, 5) is 0. The van der Waals surface area contributed by atoms with Crippen molar-refractivity contribution in [3.63, 3.8) is 0 Å². The van der Waals surface area contributed by atoms with Gasteiger partial charge in [0.15, 0.2) is 0 Å². The maximum atomic E-state index is 6.10. The molecule has 0 aliphatic rings. The van der Waals surface area contributed by atoms with E-state index in [-0.39, 0.29) is 6.04 Å². The zero-order valence-corrected chi connectivity index (χ0v) is 12.3. The highest BCUT2D eigenvalue weighted by atomic mass is 35.5. The molecule has 4 nitrogen and oxygen atoms in total. The molecule has 0 saturated heterocycles. The van der Waals surface area contributed by atoms with Crippen LogP contribution in [0.2, 0.25) is 5.02 Å². The molecule has 21 heavy (non-hydrogen) atoms. The molecule has 0 bridgehead atoms. The van der Waals surface area contributed by atoms with Gasteiger partial charge in [-0.1, -0.05) is 47.1 Å². The molecule has 5 heteroatoms. The van der Waals surface area contributed by atoms with E-state index in [1.54, 1.807) is 6.20 Å². The van der Waals surface area contributed by atoms with Crippen molar-refractivity contribution in [3.05, 3.63) is 77.1 Å². The molecule has 2 aromatic carbocycles. The van der Waals surface area contributed by atoms with Gasteiger partial charge in [0.2, 0.25) is 0 Å². The van der Waals surface area contributed by atoms with Crippen LogP contribution in [-0.4, -0.2) is 22.0 Å². The summed E-state index contributed by atoms with van der Waals surface area (Å²) in [6, 6.07) is 17.7. The van der Waals surface area contributed by atoms with E-state index in [1.165, 1.54) is 0 Å². The van der Waals surface area contributed by atoms with E-state index in [4.69, 9.17) is 11.6 Å².